The standard InChI is InChI=1S/C34H52N2O7/c1-26(21-39-5)22-40-23-27-7-10-29(11-8-27)34(43-25-33(2,3)37)13-14-35-20-32(34)42-24-28-9-12-31-30(19-28)36(16-18-41-31)15-6-17-38-4/h7-12,19,26,32,35,37H,6,13-18,20-25H2,1-5H3/t26-,32-,34-/m0/s1. The zero-order chi connectivity index (χ0) is 30.7. The van der Waals surface area contributed by atoms with Crippen molar-refractivity contribution in [3.05, 3.63) is 59.2 Å². The van der Waals surface area contributed by atoms with Crippen molar-refractivity contribution < 1.29 is 33.5 Å². The first-order valence-electron chi connectivity index (χ1n) is 15.6. The van der Waals surface area contributed by atoms with E-state index >= 15 is 0 Å². The molecule has 0 aromatic heterocycles. The van der Waals surface area contributed by atoms with Crippen molar-refractivity contribution in [2.24, 2.45) is 5.92 Å². The summed E-state index contributed by atoms with van der Waals surface area (Å²) >= 11 is 0. The van der Waals surface area contributed by atoms with Gasteiger partial charge in [0.05, 0.1) is 50.9 Å². The van der Waals surface area contributed by atoms with Crippen molar-refractivity contribution in [1.82, 2.24) is 5.32 Å². The van der Waals surface area contributed by atoms with Crippen LogP contribution < -0.4 is 15.0 Å². The maximum absolute atomic E-state index is 10.6. The molecule has 0 bridgehead atoms. The van der Waals surface area contributed by atoms with E-state index in [9.17, 15) is 5.11 Å². The van der Waals surface area contributed by atoms with E-state index in [1.807, 2.05) is 6.07 Å². The molecule has 3 atom stereocenters. The number of rotatable bonds is 17. The Balaban J connectivity index is 1.50. The highest BCUT2D eigenvalue weighted by Gasteiger charge is 2.45. The van der Waals surface area contributed by atoms with Crippen molar-refractivity contribution in [3.63, 3.8) is 0 Å². The maximum atomic E-state index is 10.6. The van der Waals surface area contributed by atoms with Crippen LogP contribution in [0.25, 0.3) is 0 Å². The van der Waals surface area contributed by atoms with Crippen molar-refractivity contribution in [2.45, 2.75) is 64.1 Å². The zero-order valence-corrected chi connectivity index (χ0v) is 26.7. The average molecular weight is 601 g/mol. The van der Waals surface area contributed by atoms with Crippen LogP contribution in [0, 0.1) is 5.92 Å². The van der Waals surface area contributed by atoms with Crippen molar-refractivity contribution in [3.8, 4) is 5.75 Å². The molecule has 2 N–H and O–H groups in total. The molecule has 0 radical (unpaired) electrons. The molecule has 4 rings (SSSR count). The molecule has 0 unspecified atom stereocenters. The molecular formula is C34H52N2O7. The Bertz CT molecular complexity index is 1110. The van der Waals surface area contributed by atoms with Gasteiger partial charge in [-0.2, -0.15) is 0 Å². The maximum Gasteiger partial charge on any atom is 0.142 e. The lowest BCUT2D eigenvalue weighted by Crippen LogP contribution is -2.55. The zero-order valence-electron chi connectivity index (χ0n) is 26.7. The number of fused-ring (bicyclic) bond motifs is 1. The lowest BCUT2D eigenvalue weighted by atomic mass is 9.81. The monoisotopic (exact) mass is 600 g/mol. The summed E-state index contributed by atoms with van der Waals surface area (Å²) in [6, 6.07) is 14.8. The fraction of sp³-hybridized carbons (Fsp3) is 0.647. The number of hydrogen-bond donors (Lipinski definition) is 2. The largest absolute Gasteiger partial charge is 0.490 e. The van der Waals surface area contributed by atoms with E-state index in [1.165, 1.54) is 0 Å². The number of nitrogens with zero attached hydrogens (tertiary/aromatic N) is 1. The highest BCUT2D eigenvalue weighted by molar-refractivity contribution is 5.61. The Labute approximate surface area is 257 Å². The van der Waals surface area contributed by atoms with Gasteiger partial charge < -0.3 is 43.7 Å². The first kappa shape index (κ1) is 33.6. The first-order valence-corrected chi connectivity index (χ1v) is 15.6. The van der Waals surface area contributed by atoms with Crippen molar-refractivity contribution in [1.29, 1.82) is 0 Å². The Morgan fingerprint density at radius 1 is 1.07 bits per heavy atom. The molecule has 9 heteroatoms. The van der Waals surface area contributed by atoms with Crippen LogP contribution in [0.1, 0.15) is 50.3 Å². The second-order valence-corrected chi connectivity index (χ2v) is 12.5. The number of benzene rings is 2. The number of nitrogens with one attached hydrogen (secondary N) is 1. The predicted octanol–water partition coefficient (Wildman–Crippen LogP) is 4.28. The van der Waals surface area contributed by atoms with Crippen molar-refractivity contribution in [2.75, 3.05) is 78.3 Å². The molecule has 2 aliphatic heterocycles. The van der Waals surface area contributed by atoms with Gasteiger partial charge in [-0.1, -0.05) is 37.3 Å². The van der Waals surface area contributed by atoms with Gasteiger partial charge in [-0.15, -0.1) is 0 Å². The number of hydrogen-bond acceptors (Lipinski definition) is 9. The molecule has 0 spiro atoms. The molecule has 2 heterocycles. The molecule has 0 saturated carbocycles. The summed E-state index contributed by atoms with van der Waals surface area (Å²) in [6.07, 6.45) is 1.43. The highest BCUT2D eigenvalue weighted by Crippen LogP contribution is 2.39. The lowest BCUT2D eigenvalue weighted by molar-refractivity contribution is -0.192. The fourth-order valence-corrected chi connectivity index (χ4v) is 5.74. The number of piperidine rings is 1. The molecular weight excluding hydrogens is 548 g/mol. The van der Waals surface area contributed by atoms with Crippen molar-refractivity contribution >= 4 is 5.69 Å². The second kappa shape index (κ2) is 16.2. The summed E-state index contributed by atoms with van der Waals surface area (Å²) in [5.74, 6) is 1.25. The minimum Gasteiger partial charge on any atom is -0.490 e. The predicted molar refractivity (Wildman–Crippen MR) is 168 cm³/mol. The van der Waals surface area contributed by atoms with Crippen LogP contribution in [0.2, 0.25) is 0 Å². The minimum absolute atomic E-state index is 0.196. The van der Waals surface area contributed by atoms with Gasteiger partial charge in [-0.3, -0.25) is 0 Å². The number of anilines is 1. The molecule has 2 aromatic rings. The minimum atomic E-state index is -0.972. The van der Waals surface area contributed by atoms with Crippen LogP contribution in [0.3, 0.4) is 0 Å². The third-order valence-electron chi connectivity index (χ3n) is 7.98. The van der Waals surface area contributed by atoms with Crippen LogP contribution in [0.15, 0.2) is 42.5 Å². The van der Waals surface area contributed by atoms with Gasteiger partial charge in [0, 0.05) is 39.8 Å². The quantitative estimate of drug-likeness (QED) is 0.258. The second-order valence-electron chi connectivity index (χ2n) is 12.5. The molecule has 9 nitrogen and oxygen atoms in total. The number of aliphatic hydroxyl groups is 1. The topological polar surface area (TPSA) is 90.9 Å². The Kier molecular flexibility index (Phi) is 12.7. The van der Waals surface area contributed by atoms with Crippen LogP contribution >= 0.6 is 0 Å². The molecule has 2 aliphatic rings. The molecule has 1 saturated heterocycles. The van der Waals surface area contributed by atoms with Crippen LogP contribution in [-0.4, -0.2) is 90.2 Å². The number of methoxy groups -OCH3 is 2. The third-order valence-corrected chi connectivity index (χ3v) is 7.98. The van der Waals surface area contributed by atoms with Crippen LogP contribution in [-0.2, 0) is 42.5 Å². The van der Waals surface area contributed by atoms with E-state index in [1.54, 1.807) is 28.1 Å². The van der Waals surface area contributed by atoms with Gasteiger partial charge in [0.25, 0.3) is 0 Å². The number of ether oxygens (including phenoxy) is 6. The third kappa shape index (κ3) is 9.62. The molecule has 1 fully saturated rings. The molecule has 43 heavy (non-hydrogen) atoms. The highest BCUT2D eigenvalue weighted by atomic mass is 16.6. The summed E-state index contributed by atoms with van der Waals surface area (Å²) in [6.45, 7) is 12.8. The van der Waals surface area contributed by atoms with Gasteiger partial charge in [-0.25, -0.2) is 0 Å². The van der Waals surface area contributed by atoms with Gasteiger partial charge in [0.1, 0.15) is 24.1 Å². The molecule has 240 valence electrons. The van der Waals surface area contributed by atoms with Gasteiger partial charge in [-0.05, 0) is 62.1 Å². The van der Waals surface area contributed by atoms with E-state index in [4.69, 9.17) is 28.4 Å². The smallest absolute Gasteiger partial charge is 0.142 e. The van der Waals surface area contributed by atoms with Crippen LogP contribution in [0.5, 0.6) is 5.75 Å². The Morgan fingerprint density at radius 2 is 1.86 bits per heavy atom. The summed E-state index contributed by atoms with van der Waals surface area (Å²) in [4.78, 5) is 2.36. The van der Waals surface area contributed by atoms with E-state index in [-0.39, 0.29) is 12.7 Å². The van der Waals surface area contributed by atoms with E-state index in [0.717, 1.165) is 67.2 Å². The fourth-order valence-electron chi connectivity index (χ4n) is 5.74. The summed E-state index contributed by atoms with van der Waals surface area (Å²) in [5, 5.41) is 14.1. The Morgan fingerprint density at radius 3 is 2.60 bits per heavy atom. The van der Waals surface area contributed by atoms with Crippen LogP contribution in [0.4, 0.5) is 5.69 Å². The molecule has 0 amide bonds. The summed E-state index contributed by atoms with van der Waals surface area (Å²) in [7, 11) is 3.45. The summed E-state index contributed by atoms with van der Waals surface area (Å²) in [5.41, 5.74) is 2.65. The average Bonchev–Trinajstić information content (AvgIpc) is 3.00. The summed E-state index contributed by atoms with van der Waals surface area (Å²) < 4.78 is 35.7. The Hall–Kier alpha value is -2.24. The van der Waals surface area contributed by atoms with Gasteiger partial charge >= 0.3 is 0 Å². The SMILES string of the molecule is COCCCN1CCOc2ccc(CO[C@H]3CNCC[C@]3(OCC(C)(C)O)c3ccc(COC[C@@H](C)COC)cc3)cc21. The van der Waals surface area contributed by atoms with E-state index < -0.39 is 11.2 Å². The van der Waals surface area contributed by atoms with Gasteiger partial charge in [0.2, 0.25) is 0 Å². The van der Waals surface area contributed by atoms with E-state index in [0.29, 0.717) is 45.5 Å². The normalized spacial score (nSPS) is 21.3. The van der Waals surface area contributed by atoms with E-state index in [2.05, 4.69) is 53.5 Å². The van der Waals surface area contributed by atoms with Gasteiger partial charge in [0.15, 0.2) is 0 Å². The molecule has 0 aliphatic carbocycles. The molecule has 2 aromatic carbocycles. The lowest BCUT2D eigenvalue weighted by Gasteiger charge is -2.45. The first-order chi connectivity index (χ1) is 20.7.